The minimum Gasteiger partial charge on any atom is -0.479 e. The van der Waals surface area contributed by atoms with Crippen molar-refractivity contribution in [2.45, 2.75) is 60.3 Å². The van der Waals surface area contributed by atoms with Crippen molar-refractivity contribution in [3.8, 4) is 0 Å². The monoisotopic (exact) mass is 366 g/mol. The number of carboxylic acids is 2. The lowest BCUT2D eigenvalue weighted by Gasteiger charge is -2.28. The van der Waals surface area contributed by atoms with Gasteiger partial charge in [0.05, 0.1) is 0 Å². The predicted octanol–water partition coefficient (Wildman–Crippen LogP) is 2.34. The minimum absolute atomic E-state index is 0.268. The van der Waals surface area contributed by atoms with Crippen molar-refractivity contribution in [1.82, 2.24) is 0 Å². The van der Waals surface area contributed by atoms with E-state index in [1.54, 1.807) is 0 Å². The zero-order valence-electron chi connectivity index (χ0n) is 12.7. The molecule has 2 heterocycles. The zero-order valence-corrected chi connectivity index (χ0v) is 14.4. The number of rotatable bonds is 8. The standard InChI is InChI=1S/C14H22O7S2/c15-11(16)13(22-9-5-1-3-7-19-9)21-14(12(17)18)23-10-6-2-4-8-20-10/h9-10,13-14H,1-8H2,(H,15,16)(H,17,18). The summed E-state index contributed by atoms with van der Waals surface area (Å²) in [6.45, 7) is 1.19. The largest absolute Gasteiger partial charge is 0.479 e. The van der Waals surface area contributed by atoms with Gasteiger partial charge < -0.3 is 24.4 Å². The van der Waals surface area contributed by atoms with Gasteiger partial charge in [-0.15, -0.1) is 0 Å². The smallest absolute Gasteiger partial charge is 0.343 e. The maximum Gasteiger partial charge on any atom is 0.343 e. The molecule has 4 unspecified atom stereocenters. The van der Waals surface area contributed by atoms with Gasteiger partial charge in [-0.2, -0.15) is 0 Å². The highest BCUT2D eigenvalue weighted by Crippen LogP contribution is 2.33. The maximum absolute atomic E-state index is 11.4. The van der Waals surface area contributed by atoms with Crippen LogP contribution in [0.1, 0.15) is 38.5 Å². The molecule has 7 nitrogen and oxygen atoms in total. The number of hydrogen-bond donors (Lipinski definition) is 2. The summed E-state index contributed by atoms with van der Waals surface area (Å²) >= 11 is 2.04. The fourth-order valence-electron chi connectivity index (χ4n) is 2.32. The van der Waals surface area contributed by atoms with Crippen LogP contribution in [0.4, 0.5) is 0 Å². The van der Waals surface area contributed by atoms with Crippen LogP contribution in [-0.4, -0.2) is 57.1 Å². The van der Waals surface area contributed by atoms with Crippen LogP contribution in [0.25, 0.3) is 0 Å². The molecule has 2 aliphatic heterocycles. The maximum atomic E-state index is 11.4. The van der Waals surface area contributed by atoms with E-state index in [0.29, 0.717) is 13.2 Å². The van der Waals surface area contributed by atoms with Crippen LogP contribution in [0, 0.1) is 0 Å². The van der Waals surface area contributed by atoms with Crippen LogP contribution in [0.2, 0.25) is 0 Å². The van der Waals surface area contributed by atoms with E-state index >= 15 is 0 Å². The average Bonchev–Trinajstić information content (AvgIpc) is 2.55. The first kappa shape index (κ1) is 18.9. The third kappa shape index (κ3) is 6.50. The molecule has 2 saturated heterocycles. The molecular formula is C14H22O7S2. The molecule has 4 atom stereocenters. The average molecular weight is 366 g/mol. The molecule has 0 bridgehead atoms. The summed E-state index contributed by atoms with van der Waals surface area (Å²) in [5, 5.41) is 18.6. The van der Waals surface area contributed by atoms with Crippen molar-refractivity contribution in [3.05, 3.63) is 0 Å². The van der Waals surface area contributed by atoms with E-state index in [9.17, 15) is 19.8 Å². The summed E-state index contributed by atoms with van der Waals surface area (Å²) in [5.41, 5.74) is -3.07. The Morgan fingerprint density at radius 2 is 1.30 bits per heavy atom. The third-order valence-electron chi connectivity index (χ3n) is 3.48. The van der Waals surface area contributed by atoms with Crippen molar-refractivity contribution >= 4 is 35.5 Å². The Hall–Kier alpha value is -0.480. The number of aliphatic carboxylic acids is 2. The number of hydrogen-bond acceptors (Lipinski definition) is 7. The van der Waals surface area contributed by atoms with E-state index in [1.807, 2.05) is 0 Å². The molecule has 9 heteroatoms. The Morgan fingerprint density at radius 3 is 1.61 bits per heavy atom. The van der Waals surface area contributed by atoms with E-state index < -0.39 is 22.8 Å². The normalized spacial score (nSPS) is 28.0. The molecule has 0 saturated carbocycles. The highest BCUT2D eigenvalue weighted by Gasteiger charge is 2.33. The van der Waals surface area contributed by atoms with Gasteiger partial charge in [-0.3, -0.25) is 0 Å². The van der Waals surface area contributed by atoms with Crippen LogP contribution in [0.15, 0.2) is 0 Å². The van der Waals surface area contributed by atoms with Gasteiger partial charge in [0.15, 0.2) is 0 Å². The van der Waals surface area contributed by atoms with Crippen LogP contribution in [-0.2, 0) is 23.8 Å². The van der Waals surface area contributed by atoms with Crippen molar-refractivity contribution in [1.29, 1.82) is 0 Å². The molecule has 2 aliphatic rings. The lowest BCUT2D eigenvalue weighted by molar-refractivity contribution is -0.153. The van der Waals surface area contributed by atoms with E-state index in [0.717, 1.165) is 62.0 Å². The summed E-state index contributed by atoms with van der Waals surface area (Å²) < 4.78 is 16.3. The van der Waals surface area contributed by atoms with Gasteiger partial charge in [-0.25, -0.2) is 9.59 Å². The third-order valence-corrected chi connectivity index (χ3v) is 5.95. The number of thioether (sulfide) groups is 2. The molecule has 0 radical (unpaired) electrons. The van der Waals surface area contributed by atoms with Gasteiger partial charge in [0.25, 0.3) is 0 Å². The first-order valence-electron chi connectivity index (χ1n) is 7.71. The number of carboxylic acid groups (broad SMARTS) is 2. The summed E-state index contributed by atoms with van der Waals surface area (Å²) in [6, 6.07) is 0. The zero-order chi connectivity index (χ0) is 16.7. The summed E-state index contributed by atoms with van der Waals surface area (Å²) in [4.78, 5) is 22.8. The Morgan fingerprint density at radius 1 is 0.870 bits per heavy atom. The number of carbonyl (C=O) groups is 2. The molecule has 0 aromatic carbocycles. The second-order valence-electron chi connectivity index (χ2n) is 5.34. The Balaban J connectivity index is 1.90. The molecule has 132 valence electrons. The van der Waals surface area contributed by atoms with Crippen LogP contribution >= 0.6 is 23.5 Å². The molecule has 2 rings (SSSR count). The van der Waals surface area contributed by atoms with Crippen molar-refractivity contribution < 1.29 is 34.0 Å². The van der Waals surface area contributed by atoms with Crippen LogP contribution in [0.3, 0.4) is 0 Å². The topological polar surface area (TPSA) is 102 Å². The van der Waals surface area contributed by atoms with Gasteiger partial charge in [0.2, 0.25) is 10.9 Å². The molecule has 23 heavy (non-hydrogen) atoms. The predicted molar refractivity (Wildman–Crippen MR) is 86.3 cm³/mol. The molecule has 0 aliphatic carbocycles. The quantitative estimate of drug-likeness (QED) is 0.627. The Labute approximate surface area is 143 Å². The molecular weight excluding hydrogens is 344 g/mol. The highest BCUT2D eigenvalue weighted by atomic mass is 32.2. The van der Waals surface area contributed by atoms with Crippen molar-refractivity contribution in [3.63, 3.8) is 0 Å². The molecule has 0 aromatic rings. The van der Waals surface area contributed by atoms with Crippen LogP contribution < -0.4 is 0 Å². The molecule has 0 aromatic heterocycles. The van der Waals surface area contributed by atoms with Crippen molar-refractivity contribution in [2.24, 2.45) is 0 Å². The van der Waals surface area contributed by atoms with E-state index in [4.69, 9.17) is 14.2 Å². The van der Waals surface area contributed by atoms with Crippen molar-refractivity contribution in [2.75, 3.05) is 13.2 Å². The van der Waals surface area contributed by atoms with Crippen LogP contribution in [0.5, 0.6) is 0 Å². The lowest BCUT2D eigenvalue weighted by Crippen LogP contribution is -2.34. The first-order valence-corrected chi connectivity index (χ1v) is 9.60. The second kappa shape index (κ2) is 9.73. The van der Waals surface area contributed by atoms with E-state index in [2.05, 4.69) is 0 Å². The minimum atomic E-state index is -1.27. The molecule has 2 N–H and O–H groups in total. The fraction of sp³-hybridized carbons (Fsp3) is 0.857. The highest BCUT2D eigenvalue weighted by molar-refractivity contribution is 8.01. The Bertz CT molecular complexity index is 359. The molecule has 0 amide bonds. The summed E-state index contributed by atoms with van der Waals surface area (Å²) in [6.07, 6.45) is 5.35. The van der Waals surface area contributed by atoms with Gasteiger partial charge in [0, 0.05) is 13.2 Å². The lowest BCUT2D eigenvalue weighted by atomic mass is 10.2. The van der Waals surface area contributed by atoms with E-state index in [-0.39, 0.29) is 10.9 Å². The summed E-state index contributed by atoms with van der Waals surface area (Å²) in [5.74, 6) is -2.39. The second-order valence-corrected chi connectivity index (χ2v) is 7.79. The fourth-order valence-corrected chi connectivity index (χ4v) is 4.48. The van der Waals surface area contributed by atoms with Gasteiger partial charge in [0.1, 0.15) is 10.9 Å². The molecule has 0 spiro atoms. The number of ether oxygens (including phenoxy) is 3. The first-order chi connectivity index (χ1) is 11.1. The van der Waals surface area contributed by atoms with Gasteiger partial charge in [-0.1, -0.05) is 23.5 Å². The summed E-state index contributed by atoms with van der Waals surface area (Å²) in [7, 11) is 0. The SMILES string of the molecule is O=C(O)C(OC(SC1CCCCO1)C(=O)O)SC1CCCCO1. The van der Waals surface area contributed by atoms with Gasteiger partial charge >= 0.3 is 11.9 Å². The molecule has 2 fully saturated rings. The van der Waals surface area contributed by atoms with E-state index in [1.165, 1.54) is 0 Å². The Kier molecular flexibility index (Phi) is 7.97. The van der Waals surface area contributed by atoms with Gasteiger partial charge in [-0.05, 0) is 38.5 Å².